The number of nitrogens with zero attached hydrogens (tertiary/aromatic N) is 7. The zero-order valence-corrected chi connectivity index (χ0v) is 15.9. The molecule has 0 atom stereocenters. The van der Waals surface area contributed by atoms with Crippen LogP contribution < -0.4 is 4.90 Å². The van der Waals surface area contributed by atoms with E-state index in [1.807, 2.05) is 26.0 Å². The minimum Gasteiger partial charge on any atom is -0.354 e. The van der Waals surface area contributed by atoms with Crippen molar-refractivity contribution < 1.29 is 4.52 Å². The summed E-state index contributed by atoms with van der Waals surface area (Å²) in [5.74, 6) is 3.09. The molecule has 0 saturated carbocycles. The molecule has 0 aromatic carbocycles. The van der Waals surface area contributed by atoms with Gasteiger partial charge in [0.15, 0.2) is 11.6 Å². The van der Waals surface area contributed by atoms with Gasteiger partial charge < -0.3 is 9.42 Å². The highest BCUT2D eigenvalue weighted by atomic mass is 16.5. The second-order valence-electron chi connectivity index (χ2n) is 6.82. The van der Waals surface area contributed by atoms with Crippen molar-refractivity contribution in [2.75, 3.05) is 31.1 Å². The van der Waals surface area contributed by atoms with E-state index in [1.165, 1.54) is 0 Å². The number of aryl methyl sites for hydroxylation is 2. The summed E-state index contributed by atoms with van der Waals surface area (Å²) in [5, 5.41) is 3.99. The Labute approximate surface area is 158 Å². The molecular weight excluding hydrogens is 342 g/mol. The van der Waals surface area contributed by atoms with Gasteiger partial charge in [0.1, 0.15) is 5.82 Å². The van der Waals surface area contributed by atoms with E-state index in [0.717, 1.165) is 60.5 Å². The molecule has 1 fully saturated rings. The Hall–Kier alpha value is -2.87. The molecule has 1 aliphatic heterocycles. The number of hydrogen-bond donors (Lipinski definition) is 0. The van der Waals surface area contributed by atoms with Gasteiger partial charge in [-0.05, 0) is 26.0 Å². The quantitative estimate of drug-likeness (QED) is 0.695. The van der Waals surface area contributed by atoms with Crippen LogP contribution in [0.2, 0.25) is 0 Å². The van der Waals surface area contributed by atoms with E-state index in [2.05, 4.69) is 36.8 Å². The van der Waals surface area contributed by atoms with E-state index in [-0.39, 0.29) is 0 Å². The van der Waals surface area contributed by atoms with Crippen molar-refractivity contribution in [2.45, 2.75) is 27.3 Å². The summed E-state index contributed by atoms with van der Waals surface area (Å²) >= 11 is 0. The van der Waals surface area contributed by atoms with Gasteiger partial charge in [0, 0.05) is 62.3 Å². The molecule has 4 rings (SSSR count). The standard InChI is InChI=1S/C19H23N7O/c1-13-14(2)21-18(16-5-4-6-20-11-16)23-19(13)26-9-7-25(8-10-26)12-17-22-15(3)27-24-17/h4-6,11H,7-10,12H2,1-3H3. The number of rotatable bonds is 4. The predicted molar refractivity (Wildman–Crippen MR) is 101 cm³/mol. The van der Waals surface area contributed by atoms with E-state index in [4.69, 9.17) is 9.51 Å². The van der Waals surface area contributed by atoms with Gasteiger partial charge in [0.25, 0.3) is 0 Å². The summed E-state index contributed by atoms with van der Waals surface area (Å²) in [7, 11) is 0. The number of piperazine rings is 1. The highest BCUT2D eigenvalue weighted by Gasteiger charge is 2.22. The van der Waals surface area contributed by atoms with Gasteiger partial charge in [-0.3, -0.25) is 9.88 Å². The Kier molecular flexibility index (Phi) is 4.81. The maximum Gasteiger partial charge on any atom is 0.223 e. The Bertz CT molecular complexity index is 917. The number of aromatic nitrogens is 5. The summed E-state index contributed by atoms with van der Waals surface area (Å²) < 4.78 is 5.06. The SMILES string of the molecule is Cc1nc(CN2CCN(c3nc(-c4cccnc4)nc(C)c3C)CC2)no1. The maximum absolute atomic E-state index is 5.06. The van der Waals surface area contributed by atoms with Gasteiger partial charge in [-0.2, -0.15) is 4.98 Å². The highest BCUT2D eigenvalue weighted by Crippen LogP contribution is 2.25. The molecule has 8 nitrogen and oxygen atoms in total. The zero-order chi connectivity index (χ0) is 18.8. The molecule has 0 N–H and O–H groups in total. The lowest BCUT2D eigenvalue weighted by Crippen LogP contribution is -2.46. The van der Waals surface area contributed by atoms with Crippen molar-refractivity contribution in [3.05, 3.63) is 47.5 Å². The second kappa shape index (κ2) is 7.40. The topological polar surface area (TPSA) is 84.1 Å². The Morgan fingerprint density at radius 3 is 2.52 bits per heavy atom. The van der Waals surface area contributed by atoms with Crippen LogP contribution in [0.5, 0.6) is 0 Å². The van der Waals surface area contributed by atoms with Crippen LogP contribution in [-0.4, -0.2) is 56.2 Å². The normalized spacial score (nSPS) is 15.3. The lowest BCUT2D eigenvalue weighted by Gasteiger charge is -2.35. The van der Waals surface area contributed by atoms with Crippen LogP contribution in [0.4, 0.5) is 5.82 Å². The zero-order valence-electron chi connectivity index (χ0n) is 15.9. The van der Waals surface area contributed by atoms with Crippen molar-refractivity contribution in [2.24, 2.45) is 0 Å². The fourth-order valence-electron chi connectivity index (χ4n) is 3.27. The summed E-state index contributed by atoms with van der Waals surface area (Å²) in [5.41, 5.74) is 3.07. The van der Waals surface area contributed by atoms with Crippen LogP contribution in [0, 0.1) is 20.8 Å². The fraction of sp³-hybridized carbons (Fsp3) is 0.421. The molecule has 27 heavy (non-hydrogen) atoms. The first-order valence-electron chi connectivity index (χ1n) is 9.12. The largest absolute Gasteiger partial charge is 0.354 e. The first-order valence-corrected chi connectivity index (χ1v) is 9.12. The Balaban J connectivity index is 1.50. The van der Waals surface area contributed by atoms with Crippen molar-refractivity contribution in [1.29, 1.82) is 0 Å². The van der Waals surface area contributed by atoms with Gasteiger partial charge in [0.2, 0.25) is 5.89 Å². The van der Waals surface area contributed by atoms with E-state index in [1.54, 1.807) is 12.4 Å². The number of hydrogen-bond acceptors (Lipinski definition) is 8. The molecule has 1 aliphatic rings. The van der Waals surface area contributed by atoms with E-state index >= 15 is 0 Å². The molecule has 4 heterocycles. The summed E-state index contributed by atoms with van der Waals surface area (Å²) in [6.07, 6.45) is 3.56. The van der Waals surface area contributed by atoms with Gasteiger partial charge in [-0.15, -0.1) is 0 Å². The van der Waals surface area contributed by atoms with Crippen molar-refractivity contribution in [3.63, 3.8) is 0 Å². The third kappa shape index (κ3) is 3.80. The minimum absolute atomic E-state index is 0.610. The smallest absolute Gasteiger partial charge is 0.223 e. The number of anilines is 1. The van der Waals surface area contributed by atoms with Crippen LogP contribution in [0.1, 0.15) is 23.0 Å². The lowest BCUT2D eigenvalue weighted by atomic mass is 10.2. The molecule has 8 heteroatoms. The fourth-order valence-corrected chi connectivity index (χ4v) is 3.27. The molecule has 0 bridgehead atoms. The Morgan fingerprint density at radius 1 is 1.04 bits per heavy atom. The first-order chi connectivity index (χ1) is 13.1. The van der Waals surface area contributed by atoms with Gasteiger partial charge in [-0.1, -0.05) is 5.16 Å². The predicted octanol–water partition coefficient (Wildman–Crippen LogP) is 2.17. The molecule has 0 radical (unpaired) electrons. The molecule has 0 amide bonds. The van der Waals surface area contributed by atoms with Crippen molar-refractivity contribution >= 4 is 5.82 Å². The number of pyridine rings is 1. The Morgan fingerprint density at radius 2 is 1.85 bits per heavy atom. The van der Waals surface area contributed by atoms with Crippen LogP contribution in [0.3, 0.4) is 0 Å². The van der Waals surface area contributed by atoms with Crippen LogP contribution in [0.15, 0.2) is 29.0 Å². The monoisotopic (exact) mass is 365 g/mol. The molecule has 1 saturated heterocycles. The van der Waals surface area contributed by atoms with Gasteiger partial charge >= 0.3 is 0 Å². The van der Waals surface area contributed by atoms with E-state index < -0.39 is 0 Å². The van der Waals surface area contributed by atoms with E-state index in [9.17, 15) is 0 Å². The molecule has 3 aromatic heterocycles. The third-order valence-corrected chi connectivity index (χ3v) is 4.89. The molecule has 0 spiro atoms. The summed E-state index contributed by atoms with van der Waals surface area (Å²) in [6, 6.07) is 3.90. The van der Waals surface area contributed by atoms with Gasteiger partial charge in [0.05, 0.1) is 6.54 Å². The third-order valence-electron chi connectivity index (χ3n) is 4.89. The first kappa shape index (κ1) is 17.5. The molecule has 3 aromatic rings. The van der Waals surface area contributed by atoms with Crippen LogP contribution >= 0.6 is 0 Å². The molecule has 140 valence electrons. The average Bonchev–Trinajstić information content (AvgIpc) is 3.10. The minimum atomic E-state index is 0.610. The highest BCUT2D eigenvalue weighted by molar-refractivity contribution is 5.59. The van der Waals surface area contributed by atoms with Gasteiger partial charge in [-0.25, -0.2) is 9.97 Å². The molecule has 0 unspecified atom stereocenters. The molecule has 0 aliphatic carbocycles. The van der Waals surface area contributed by atoms with Crippen molar-refractivity contribution in [1.82, 2.24) is 30.0 Å². The summed E-state index contributed by atoms with van der Waals surface area (Å²) in [6.45, 7) is 10.3. The van der Waals surface area contributed by atoms with Crippen LogP contribution in [-0.2, 0) is 6.54 Å². The van der Waals surface area contributed by atoms with Crippen LogP contribution in [0.25, 0.3) is 11.4 Å². The second-order valence-corrected chi connectivity index (χ2v) is 6.82. The van der Waals surface area contributed by atoms with Crippen molar-refractivity contribution in [3.8, 4) is 11.4 Å². The van der Waals surface area contributed by atoms with E-state index in [0.29, 0.717) is 12.4 Å². The average molecular weight is 365 g/mol. The maximum atomic E-state index is 5.06. The summed E-state index contributed by atoms with van der Waals surface area (Å²) in [4.78, 5) is 22.7. The molecular formula is C19H23N7O. The lowest BCUT2D eigenvalue weighted by molar-refractivity contribution is 0.239.